The quantitative estimate of drug-likeness (QED) is 0.341. The van der Waals surface area contributed by atoms with Crippen LogP contribution < -0.4 is 9.80 Å². The van der Waals surface area contributed by atoms with Crippen molar-refractivity contribution in [2.24, 2.45) is 5.92 Å². The third-order valence-corrected chi connectivity index (χ3v) is 10.4. The Morgan fingerprint density at radius 2 is 2.00 bits per heavy atom. The van der Waals surface area contributed by atoms with Crippen LogP contribution in [0.15, 0.2) is 42.5 Å². The molecule has 0 unspecified atom stereocenters. The minimum Gasteiger partial charge on any atom is -0.396 e. The molecule has 186 valence electrons. The van der Waals surface area contributed by atoms with Crippen LogP contribution in [-0.4, -0.2) is 44.6 Å². The van der Waals surface area contributed by atoms with E-state index in [0.717, 1.165) is 11.3 Å². The summed E-state index contributed by atoms with van der Waals surface area (Å²) in [6.45, 7) is 6.00. The average molecular weight is 517 g/mol. The predicted molar refractivity (Wildman–Crippen MR) is 136 cm³/mol. The molecular weight excluding hydrogens is 487 g/mol. The fourth-order valence-corrected chi connectivity index (χ4v) is 8.88. The van der Waals surface area contributed by atoms with Gasteiger partial charge in [-0.3, -0.25) is 9.59 Å². The Bertz CT molecular complexity index is 1190. The van der Waals surface area contributed by atoms with Crippen LogP contribution in [0.3, 0.4) is 0 Å². The van der Waals surface area contributed by atoms with Crippen molar-refractivity contribution in [1.29, 1.82) is 0 Å². The number of benzene rings is 2. The van der Waals surface area contributed by atoms with E-state index in [1.807, 2.05) is 37.3 Å². The molecule has 2 aromatic rings. The van der Waals surface area contributed by atoms with Crippen LogP contribution in [0, 0.1) is 5.92 Å². The van der Waals surface area contributed by atoms with Gasteiger partial charge in [-0.15, -0.1) is 0 Å². The summed E-state index contributed by atoms with van der Waals surface area (Å²) in [7, 11) is -3.24. The zero-order valence-corrected chi connectivity index (χ0v) is 21.9. The van der Waals surface area contributed by atoms with Crippen molar-refractivity contribution in [2.45, 2.75) is 56.7 Å². The molecular formula is C26H30ClFN2O4Si. The van der Waals surface area contributed by atoms with Crippen molar-refractivity contribution in [3.8, 4) is 0 Å². The lowest BCUT2D eigenvalue weighted by Crippen LogP contribution is -2.45. The van der Waals surface area contributed by atoms with E-state index in [4.69, 9.17) is 16.3 Å². The van der Waals surface area contributed by atoms with Crippen molar-refractivity contribution in [3.05, 3.63) is 58.6 Å². The van der Waals surface area contributed by atoms with Gasteiger partial charge in [-0.2, -0.15) is 0 Å². The number of ether oxygens (including phenoxy) is 1. The maximum Gasteiger partial charge on any atom is 0.264 e. The van der Waals surface area contributed by atoms with E-state index in [-0.39, 0.29) is 31.4 Å². The van der Waals surface area contributed by atoms with E-state index in [1.54, 1.807) is 35.0 Å². The molecule has 9 heteroatoms. The van der Waals surface area contributed by atoms with Gasteiger partial charge in [0.25, 0.3) is 5.91 Å². The molecule has 1 N–H and O–H groups in total. The molecule has 2 aromatic carbocycles. The molecule has 1 spiro atoms. The van der Waals surface area contributed by atoms with Gasteiger partial charge in [0.05, 0.1) is 18.3 Å². The average Bonchev–Trinajstić information content (AvgIpc) is 3.20. The molecule has 6 nitrogen and oxygen atoms in total. The molecule has 3 aliphatic heterocycles. The molecule has 2 saturated heterocycles. The highest BCUT2D eigenvalue weighted by atomic mass is 35.5. The van der Waals surface area contributed by atoms with Crippen LogP contribution in [-0.2, 0) is 26.5 Å². The first-order valence-corrected chi connectivity index (χ1v) is 15.4. The number of aliphatic hydroxyl groups is 1. The summed E-state index contributed by atoms with van der Waals surface area (Å²) in [5, 5.41) is 10.1. The zero-order valence-electron chi connectivity index (χ0n) is 20.1. The number of carbonyl (C=O) groups is 2. The number of halogens is 2. The summed E-state index contributed by atoms with van der Waals surface area (Å²) < 4.78 is 22.1. The Balaban J connectivity index is 1.55. The third-order valence-electron chi connectivity index (χ3n) is 7.75. The van der Waals surface area contributed by atoms with E-state index in [1.165, 1.54) is 0 Å². The number of nitrogens with zero attached hydrogens (tertiary/aromatic N) is 2. The molecule has 3 aliphatic rings. The lowest BCUT2D eigenvalue weighted by Gasteiger charge is -2.32. The van der Waals surface area contributed by atoms with E-state index in [0.29, 0.717) is 29.2 Å². The molecule has 0 radical (unpaired) electrons. The van der Waals surface area contributed by atoms with E-state index in [2.05, 4.69) is 0 Å². The standard InChI is InChI=1S/C26H30ClFN2O4Si/c1-16-24(35(2,3)28)22(10-12-31)34-26(16)20-14-18(27)7-8-21(20)30(25(26)33)15-17-5-4-6-19(13-17)29-11-9-23(29)32/h4-8,13-14,16,22,24,31H,9-12,15H2,1-3H3/t16-,22+,24-,26+/m1/s1. The van der Waals surface area contributed by atoms with Gasteiger partial charge in [-0.05, 0) is 55.4 Å². The van der Waals surface area contributed by atoms with Crippen LogP contribution in [0.4, 0.5) is 15.5 Å². The van der Waals surface area contributed by atoms with Crippen LogP contribution in [0.2, 0.25) is 23.7 Å². The maximum atomic E-state index is 15.6. The fraction of sp³-hybridized carbons (Fsp3) is 0.462. The molecule has 4 atom stereocenters. The lowest BCUT2D eigenvalue weighted by molar-refractivity contribution is -0.146. The van der Waals surface area contributed by atoms with Crippen molar-refractivity contribution in [1.82, 2.24) is 0 Å². The minimum absolute atomic E-state index is 0.0884. The van der Waals surface area contributed by atoms with Crippen LogP contribution >= 0.6 is 11.6 Å². The number of rotatable bonds is 6. The summed E-state index contributed by atoms with van der Waals surface area (Å²) >= 11 is 6.38. The molecule has 2 amide bonds. The molecule has 0 saturated carbocycles. The highest BCUT2D eigenvalue weighted by Crippen LogP contribution is 2.60. The summed E-state index contributed by atoms with van der Waals surface area (Å²) in [6, 6.07) is 12.9. The number of anilines is 2. The minimum atomic E-state index is -3.24. The van der Waals surface area contributed by atoms with Crippen molar-refractivity contribution >= 4 is 43.2 Å². The SMILES string of the molecule is C[C@@H]1[C@@H]([Si](C)(C)F)[C@H](CCO)O[C@@]12C(=O)N(Cc1cccc(N3CCC3=O)c1)c1ccc(Cl)cc12. The molecule has 2 fully saturated rings. The van der Waals surface area contributed by atoms with Gasteiger partial charge < -0.3 is 23.8 Å². The molecule has 3 heterocycles. The van der Waals surface area contributed by atoms with E-state index < -0.39 is 31.6 Å². The van der Waals surface area contributed by atoms with Gasteiger partial charge in [0.2, 0.25) is 14.3 Å². The van der Waals surface area contributed by atoms with Crippen molar-refractivity contribution in [3.63, 3.8) is 0 Å². The Labute approximate surface area is 210 Å². The number of hydrogen-bond donors (Lipinski definition) is 1. The number of carbonyl (C=O) groups excluding carboxylic acids is 2. The first kappa shape index (κ1) is 24.4. The van der Waals surface area contributed by atoms with Crippen molar-refractivity contribution in [2.75, 3.05) is 23.0 Å². The monoisotopic (exact) mass is 516 g/mol. The summed E-state index contributed by atoms with van der Waals surface area (Å²) in [5.74, 6) is -0.577. The Morgan fingerprint density at radius 1 is 1.23 bits per heavy atom. The largest absolute Gasteiger partial charge is 0.396 e. The third kappa shape index (κ3) is 3.82. The molecule has 0 bridgehead atoms. The fourth-order valence-electron chi connectivity index (χ4n) is 6.17. The molecule has 0 aliphatic carbocycles. The second-order valence-corrected chi connectivity index (χ2v) is 14.5. The molecule has 5 rings (SSSR count). The first-order valence-electron chi connectivity index (χ1n) is 12.1. The number of fused-ring (bicyclic) bond motifs is 2. The zero-order chi connectivity index (χ0) is 25.1. The van der Waals surface area contributed by atoms with Crippen molar-refractivity contribution < 1.29 is 23.5 Å². The maximum absolute atomic E-state index is 15.6. The van der Waals surface area contributed by atoms with Gasteiger partial charge in [-0.25, -0.2) is 0 Å². The Hall–Kier alpha value is -2.26. The predicted octanol–water partition coefficient (Wildman–Crippen LogP) is 4.78. The number of aliphatic hydroxyl groups excluding tert-OH is 1. The topological polar surface area (TPSA) is 70.1 Å². The van der Waals surface area contributed by atoms with E-state index >= 15 is 4.11 Å². The number of amides is 2. The van der Waals surface area contributed by atoms with Crippen LogP contribution in [0.5, 0.6) is 0 Å². The van der Waals surface area contributed by atoms with Gasteiger partial charge in [0, 0.05) is 47.3 Å². The van der Waals surface area contributed by atoms with Gasteiger partial charge in [0.15, 0.2) is 5.60 Å². The second-order valence-electron chi connectivity index (χ2n) is 10.3. The Morgan fingerprint density at radius 3 is 2.63 bits per heavy atom. The van der Waals surface area contributed by atoms with E-state index in [9.17, 15) is 14.7 Å². The van der Waals surface area contributed by atoms with Gasteiger partial charge >= 0.3 is 0 Å². The number of β-lactam (4-membered cyclic amide) rings is 1. The normalized spacial score (nSPS) is 28.1. The lowest BCUT2D eigenvalue weighted by atomic mass is 9.82. The Kier molecular flexibility index (Phi) is 6.07. The smallest absolute Gasteiger partial charge is 0.264 e. The molecule has 0 aromatic heterocycles. The van der Waals surface area contributed by atoms with Crippen LogP contribution in [0.25, 0.3) is 0 Å². The summed E-state index contributed by atoms with van der Waals surface area (Å²) in [6.07, 6.45) is 0.260. The first-order chi connectivity index (χ1) is 16.6. The summed E-state index contributed by atoms with van der Waals surface area (Å²) in [5.41, 5.74) is 1.23. The highest BCUT2D eigenvalue weighted by Gasteiger charge is 2.66. The number of hydrogen-bond acceptors (Lipinski definition) is 4. The highest BCUT2D eigenvalue weighted by molar-refractivity contribution is 6.72. The van der Waals surface area contributed by atoms with Gasteiger partial charge in [-0.1, -0.05) is 30.7 Å². The second kappa shape index (κ2) is 8.69. The van der Waals surface area contributed by atoms with Gasteiger partial charge in [0.1, 0.15) is 0 Å². The molecule has 35 heavy (non-hydrogen) atoms. The summed E-state index contributed by atoms with van der Waals surface area (Å²) in [4.78, 5) is 29.5. The van der Waals surface area contributed by atoms with Crippen LogP contribution in [0.1, 0.15) is 30.9 Å².